The second-order valence-electron chi connectivity index (χ2n) is 14.2. The van der Waals surface area contributed by atoms with Crippen LogP contribution in [-0.4, -0.2) is 12.1 Å². The van der Waals surface area contributed by atoms with Gasteiger partial charge in [-0.05, 0) is 109 Å². The Morgan fingerprint density at radius 3 is 2.55 bits per heavy atom. The van der Waals surface area contributed by atoms with Gasteiger partial charge in [0.05, 0.1) is 10.6 Å². The van der Waals surface area contributed by atoms with E-state index in [1.54, 1.807) is 23.8 Å². The Morgan fingerprint density at radius 1 is 1.03 bits per heavy atom. The Hall–Kier alpha value is -0.990. The SMILES string of the molecule is CC(C)CCC[C@H](C)[C@H]1CC[C@@H]2[C@H]3CC=C4C[C@H](OC(=O)c5ccc(Cl)cc5Cl)CC[C@]4(C)[C@@H]3CC[C@@]21C. The van der Waals surface area contributed by atoms with Crippen molar-refractivity contribution in [2.45, 2.75) is 111 Å². The van der Waals surface area contributed by atoms with Crippen LogP contribution in [0.15, 0.2) is 29.8 Å². The highest BCUT2D eigenvalue weighted by atomic mass is 35.5. The monoisotopic (exact) mass is 558 g/mol. The number of hydrogen-bond donors (Lipinski definition) is 0. The maximum absolute atomic E-state index is 12.9. The smallest absolute Gasteiger partial charge is 0.339 e. The highest BCUT2D eigenvalue weighted by Gasteiger charge is 2.59. The van der Waals surface area contributed by atoms with E-state index in [2.05, 4.69) is 40.7 Å². The summed E-state index contributed by atoms with van der Waals surface area (Å²) in [5.41, 5.74) is 2.73. The van der Waals surface area contributed by atoms with E-state index in [4.69, 9.17) is 27.9 Å². The quantitative estimate of drug-likeness (QED) is 0.245. The molecule has 0 spiro atoms. The van der Waals surface area contributed by atoms with E-state index < -0.39 is 0 Å². The Balaban J connectivity index is 1.25. The van der Waals surface area contributed by atoms with Crippen molar-refractivity contribution in [3.8, 4) is 0 Å². The third-order valence-electron chi connectivity index (χ3n) is 11.7. The summed E-state index contributed by atoms with van der Waals surface area (Å²) in [6.07, 6.45) is 16.4. The number of allylic oxidation sites excluding steroid dienone is 1. The first kappa shape index (κ1) is 28.5. The summed E-state index contributed by atoms with van der Waals surface area (Å²) in [5.74, 6) is 4.71. The summed E-state index contributed by atoms with van der Waals surface area (Å²) in [6, 6.07) is 4.98. The number of fused-ring (bicyclic) bond motifs is 5. The molecular weight excluding hydrogens is 511 g/mol. The third-order valence-corrected chi connectivity index (χ3v) is 12.2. The molecule has 0 amide bonds. The first-order valence-corrected chi connectivity index (χ1v) is 16.1. The number of rotatable bonds is 7. The molecule has 3 saturated carbocycles. The van der Waals surface area contributed by atoms with Gasteiger partial charge >= 0.3 is 5.97 Å². The molecule has 4 aliphatic rings. The van der Waals surface area contributed by atoms with Gasteiger partial charge in [0.15, 0.2) is 0 Å². The van der Waals surface area contributed by atoms with E-state index in [-0.39, 0.29) is 17.5 Å². The van der Waals surface area contributed by atoms with E-state index in [1.807, 2.05) is 0 Å². The predicted octanol–water partition coefficient (Wildman–Crippen LogP) is 10.6. The maximum atomic E-state index is 12.9. The fourth-order valence-corrected chi connectivity index (χ4v) is 10.1. The van der Waals surface area contributed by atoms with Crippen LogP contribution in [0, 0.1) is 46.3 Å². The van der Waals surface area contributed by atoms with Gasteiger partial charge in [0, 0.05) is 11.4 Å². The van der Waals surface area contributed by atoms with E-state index in [0.29, 0.717) is 21.0 Å². The van der Waals surface area contributed by atoms with Crippen molar-refractivity contribution >= 4 is 29.2 Å². The molecule has 0 heterocycles. The van der Waals surface area contributed by atoms with E-state index >= 15 is 0 Å². The molecule has 3 fully saturated rings. The van der Waals surface area contributed by atoms with Gasteiger partial charge in [-0.2, -0.15) is 0 Å². The number of hydrogen-bond acceptors (Lipinski definition) is 2. The summed E-state index contributed by atoms with van der Waals surface area (Å²) in [5, 5.41) is 0.886. The number of halogens is 2. The molecule has 1 aromatic carbocycles. The number of carbonyl (C=O) groups is 1. The second kappa shape index (κ2) is 11.1. The van der Waals surface area contributed by atoms with Gasteiger partial charge in [0.1, 0.15) is 6.10 Å². The molecule has 0 aromatic heterocycles. The zero-order valence-electron chi connectivity index (χ0n) is 24.2. The average Bonchev–Trinajstić information content (AvgIpc) is 3.21. The minimum atomic E-state index is -0.331. The normalized spacial score (nSPS) is 37.2. The van der Waals surface area contributed by atoms with Crippen LogP contribution in [-0.2, 0) is 4.74 Å². The second-order valence-corrected chi connectivity index (χ2v) is 15.0. The first-order valence-electron chi connectivity index (χ1n) is 15.4. The van der Waals surface area contributed by atoms with E-state index in [9.17, 15) is 4.79 Å². The number of esters is 1. The van der Waals surface area contributed by atoms with Gasteiger partial charge in [0.2, 0.25) is 0 Å². The molecular formula is C34H48Cl2O2. The molecule has 5 rings (SSSR count). The highest BCUT2D eigenvalue weighted by molar-refractivity contribution is 6.36. The summed E-state index contributed by atoms with van der Waals surface area (Å²) >= 11 is 12.3. The summed E-state index contributed by atoms with van der Waals surface area (Å²) in [6.45, 7) is 12.5. The molecule has 0 saturated heterocycles. The number of ether oxygens (including phenoxy) is 1. The molecule has 8 atom stereocenters. The molecule has 4 aliphatic carbocycles. The van der Waals surface area contributed by atoms with Gasteiger partial charge < -0.3 is 4.74 Å². The summed E-state index contributed by atoms with van der Waals surface area (Å²) < 4.78 is 5.99. The van der Waals surface area contributed by atoms with Gasteiger partial charge in [0.25, 0.3) is 0 Å². The largest absolute Gasteiger partial charge is 0.458 e. The Bertz CT molecular complexity index is 1060. The lowest BCUT2D eigenvalue weighted by atomic mass is 9.47. The molecule has 0 aliphatic heterocycles. The molecule has 4 heteroatoms. The fourth-order valence-electron chi connectivity index (χ4n) is 9.62. The molecule has 0 bridgehead atoms. The molecule has 0 N–H and O–H groups in total. The molecule has 38 heavy (non-hydrogen) atoms. The van der Waals surface area contributed by atoms with Crippen molar-refractivity contribution in [1.29, 1.82) is 0 Å². The maximum Gasteiger partial charge on any atom is 0.339 e. The van der Waals surface area contributed by atoms with Crippen LogP contribution in [0.2, 0.25) is 10.0 Å². The lowest BCUT2D eigenvalue weighted by Crippen LogP contribution is -2.51. The van der Waals surface area contributed by atoms with Crippen molar-refractivity contribution in [2.75, 3.05) is 0 Å². The van der Waals surface area contributed by atoms with Crippen LogP contribution < -0.4 is 0 Å². The van der Waals surface area contributed by atoms with Gasteiger partial charge in [-0.3, -0.25) is 0 Å². The Labute approximate surface area is 241 Å². The minimum absolute atomic E-state index is 0.0680. The highest BCUT2D eigenvalue weighted by Crippen LogP contribution is 2.67. The molecule has 2 nitrogen and oxygen atoms in total. The fraction of sp³-hybridized carbons (Fsp3) is 0.735. The van der Waals surface area contributed by atoms with Crippen LogP contribution >= 0.6 is 23.2 Å². The molecule has 0 unspecified atom stereocenters. The predicted molar refractivity (Wildman–Crippen MR) is 159 cm³/mol. The van der Waals surface area contributed by atoms with Crippen LogP contribution in [0.25, 0.3) is 0 Å². The standard InChI is InChI=1S/C34H48Cl2O2/c1-21(2)7-6-8-22(3)28-13-14-29-26-11-9-23-19-25(38-32(37)27-12-10-24(35)20-31(27)36)15-17-33(23,4)30(26)16-18-34(28,29)5/h9-10,12,20-22,25-26,28-30H,6-8,11,13-19H2,1-5H3/t22-,25+,26+,28+,29+,30+,33-,34+/m0/s1. The van der Waals surface area contributed by atoms with E-state index in [0.717, 1.165) is 54.8 Å². The van der Waals surface area contributed by atoms with Crippen molar-refractivity contribution < 1.29 is 9.53 Å². The number of benzene rings is 1. The van der Waals surface area contributed by atoms with Gasteiger partial charge in [-0.1, -0.05) is 88.7 Å². The van der Waals surface area contributed by atoms with Crippen molar-refractivity contribution in [3.63, 3.8) is 0 Å². The van der Waals surface area contributed by atoms with Crippen molar-refractivity contribution in [3.05, 3.63) is 45.5 Å². The van der Waals surface area contributed by atoms with Crippen LogP contribution in [0.1, 0.15) is 116 Å². The average molecular weight is 560 g/mol. The van der Waals surface area contributed by atoms with E-state index in [1.165, 1.54) is 51.4 Å². The zero-order valence-corrected chi connectivity index (χ0v) is 25.7. The third kappa shape index (κ3) is 5.23. The number of carbonyl (C=O) groups excluding carboxylic acids is 1. The van der Waals surface area contributed by atoms with Crippen molar-refractivity contribution in [2.24, 2.45) is 46.3 Å². The first-order chi connectivity index (χ1) is 18.0. The molecule has 210 valence electrons. The topological polar surface area (TPSA) is 26.3 Å². The molecule has 1 aromatic rings. The van der Waals surface area contributed by atoms with Crippen molar-refractivity contribution in [1.82, 2.24) is 0 Å². The van der Waals surface area contributed by atoms with Crippen LogP contribution in [0.5, 0.6) is 0 Å². The lowest BCUT2D eigenvalue weighted by Gasteiger charge is -2.58. The zero-order chi connectivity index (χ0) is 27.2. The minimum Gasteiger partial charge on any atom is -0.458 e. The summed E-state index contributed by atoms with van der Waals surface area (Å²) in [7, 11) is 0. The van der Waals surface area contributed by atoms with Gasteiger partial charge in [-0.25, -0.2) is 4.79 Å². The van der Waals surface area contributed by atoms with Gasteiger partial charge in [-0.15, -0.1) is 0 Å². The Kier molecular flexibility index (Phi) is 8.35. The van der Waals surface area contributed by atoms with Crippen LogP contribution in [0.4, 0.5) is 0 Å². The Morgan fingerprint density at radius 2 is 1.82 bits per heavy atom. The summed E-state index contributed by atoms with van der Waals surface area (Å²) in [4.78, 5) is 12.9. The lowest BCUT2D eigenvalue weighted by molar-refractivity contribution is -0.0594. The van der Waals surface area contributed by atoms with Crippen LogP contribution in [0.3, 0.4) is 0 Å². The molecule has 0 radical (unpaired) electrons.